The largest absolute Gasteiger partial charge is 0.369 e. The van der Waals surface area contributed by atoms with Crippen molar-refractivity contribution >= 4 is 23.2 Å². The minimum atomic E-state index is -0.103. The number of aryl methyl sites for hydroxylation is 1. The normalized spacial score (nSPS) is 18.5. The second-order valence-electron chi connectivity index (χ2n) is 7.07. The van der Waals surface area contributed by atoms with Crippen molar-refractivity contribution < 1.29 is 4.79 Å². The maximum atomic E-state index is 12.5. The lowest BCUT2D eigenvalue weighted by atomic mass is 9.76. The third-order valence-corrected chi connectivity index (χ3v) is 6.40. The number of nitrogens with two attached hydrogens (primary N) is 1. The fourth-order valence-corrected chi connectivity index (χ4v) is 4.89. The first kappa shape index (κ1) is 16.3. The number of amides is 1. The lowest BCUT2D eigenvalue weighted by Gasteiger charge is -2.39. The number of piperidine rings is 1. The van der Waals surface area contributed by atoms with Crippen LogP contribution in [0.1, 0.15) is 42.5 Å². The van der Waals surface area contributed by atoms with Gasteiger partial charge in [0.2, 0.25) is 11.9 Å². The molecule has 1 saturated heterocycles. The van der Waals surface area contributed by atoms with E-state index in [0.717, 1.165) is 56.5 Å². The summed E-state index contributed by atoms with van der Waals surface area (Å²) >= 11 is 1.67. The van der Waals surface area contributed by atoms with Gasteiger partial charge in [-0.05, 0) is 54.5 Å². The van der Waals surface area contributed by atoms with Crippen LogP contribution in [0.5, 0.6) is 0 Å². The van der Waals surface area contributed by atoms with Gasteiger partial charge in [0.05, 0.1) is 5.69 Å². The molecule has 0 unspecified atom stereocenters. The van der Waals surface area contributed by atoms with E-state index in [0.29, 0.717) is 6.42 Å². The van der Waals surface area contributed by atoms with Crippen molar-refractivity contribution in [1.29, 1.82) is 0 Å². The molecule has 0 atom stereocenters. The number of carbonyl (C=O) groups excluding carboxylic acids is 1. The van der Waals surface area contributed by atoms with E-state index in [-0.39, 0.29) is 22.8 Å². The van der Waals surface area contributed by atoms with Crippen LogP contribution in [0.2, 0.25) is 0 Å². The van der Waals surface area contributed by atoms with Gasteiger partial charge in [0.1, 0.15) is 0 Å². The van der Waals surface area contributed by atoms with Gasteiger partial charge >= 0.3 is 0 Å². The van der Waals surface area contributed by atoms with Gasteiger partial charge in [-0.2, -0.15) is 11.3 Å². The first-order valence-corrected chi connectivity index (χ1v) is 9.70. The number of fused-ring (bicyclic) bond motifs is 2. The van der Waals surface area contributed by atoms with Gasteiger partial charge in [-0.3, -0.25) is 14.6 Å². The van der Waals surface area contributed by atoms with Gasteiger partial charge in [0.25, 0.3) is 5.56 Å². The molecule has 1 spiro atoms. The SMILES string of the molecule is Nc1nc2c(c(=O)[nH]1)CCC21CCN(C(=O)CCc2ccsc2)CC1. The molecule has 3 heterocycles. The highest BCUT2D eigenvalue weighted by atomic mass is 32.1. The molecule has 132 valence electrons. The highest BCUT2D eigenvalue weighted by molar-refractivity contribution is 7.07. The van der Waals surface area contributed by atoms with Crippen molar-refractivity contribution in [3.8, 4) is 0 Å². The van der Waals surface area contributed by atoms with Crippen LogP contribution >= 0.6 is 11.3 Å². The summed E-state index contributed by atoms with van der Waals surface area (Å²) in [6.45, 7) is 1.46. The Morgan fingerprint density at radius 2 is 2.16 bits per heavy atom. The van der Waals surface area contributed by atoms with Crippen molar-refractivity contribution in [1.82, 2.24) is 14.9 Å². The molecular formula is C18H22N4O2S. The number of aromatic nitrogens is 2. The molecule has 1 aliphatic carbocycles. The van der Waals surface area contributed by atoms with Crippen LogP contribution in [-0.4, -0.2) is 33.9 Å². The van der Waals surface area contributed by atoms with E-state index in [2.05, 4.69) is 21.4 Å². The summed E-state index contributed by atoms with van der Waals surface area (Å²) in [4.78, 5) is 33.6. The average molecular weight is 358 g/mol. The number of carbonyl (C=O) groups is 1. The standard InChI is InChI=1S/C18H22N4O2S/c19-17-20-15-13(16(24)21-17)3-5-18(15)6-8-22(9-7-18)14(23)2-1-12-4-10-25-11-12/h4,10-11H,1-3,5-9H2,(H3,19,20,21,24). The van der Waals surface area contributed by atoms with E-state index in [1.807, 2.05) is 10.3 Å². The molecule has 25 heavy (non-hydrogen) atoms. The molecule has 0 bridgehead atoms. The Morgan fingerprint density at radius 1 is 1.36 bits per heavy atom. The lowest BCUT2D eigenvalue weighted by Crippen LogP contribution is -2.45. The third-order valence-electron chi connectivity index (χ3n) is 5.67. The summed E-state index contributed by atoms with van der Waals surface area (Å²) in [5.74, 6) is 0.414. The van der Waals surface area contributed by atoms with Crippen LogP contribution in [-0.2, 0) is 23.1 Å². The second-order valence-corrected chi connectivity index (χ2v) is 7.85. The van der Waals surface area contributed by atoms with Crippen LogP contribution in [0, 0.1) is 0 Å². The molecular weight excluding hydrogens is 336 g/mol. The molecule has 4 rings (SSSR count). The number of rotatable bonds is 3. The average Bonchev–Trinajstić information content (AvgIpc) is 3.23. The van der Waals surface area contributed by atoms with Crippen LogP contribution < -0.4 is 11.3 Å². The second kappa shape index (κ2) is 6.29. The van der Waals surface area contributed by atoms with Crippen LogP contribution in [0.15, 0.2) is 21.6 Å². The highest BCUT2D eigenvalue weighted by Gasteiger charge is 2.44. The smallest absolute Gasteiger partial charge is 0.255 e. The first-order chi connectivity index (χ1) is 12.1. The minimum Gasteiger partial charge on any atom is -0.369 e. The van der Waals surface area contributed by atoms with Crippen molar-refractivity contribution in [3.05, 3.63) is 44.0 Å². The molecule has 0 radical (unpaired) electrons. The maximum absolute atomic E-state index is 12.5. The molecule has 1 fully saturated rings. The van der Waals surface area contributed by atoms with Gasteiger partial charge < -0.3 is 10.6 Å². The summed E-state index contributed by atoms with van der Waals surface area (Å²) < 4.78 is 0. The number of aromatic amines is 1. The van der Waals surface area contributed by atoms with Gasteiger partial charge in [-0.1, -0.05) is 0 Å². The lowest BCUT2D eigenvalue weighted by molar-refractivity contribution is -0.132. The summed E-state index contributed by atoms with van der Waals surface area (Å²) in [5.41, 5.74) is 8.46. The number of thiophene rings is 1. The maximum Gasteiger partial charge on any atom is 0.255 e. The summed E-state index contributed by atoms with van der Waals surface area (Å²) in [6, 6.07) is 2.08. The molecule has 2 aromatic rings. The Hall–Kier alpha value is -2.15. The zero-order valence-corrected chi connectivity index (χ0v) is 14.9. The number of hydrogen-bond acceptors (Lipinski definition) is 5. The minimum absolute atomic E-state index is 0.0815. The monoisotopic (exact) mass is 358 g/mol. The number of nitrogens with zero attached hydrogens (tertiary/aromatic N) is 2. The summed E-state index contributed by atoms with van der Waals surface area (Å²) in [6.07, 6.45) is 4.77. The Labute approximate surface area is 150 Å². The molecule has 0 saturated carbocycles. The fourth-order valence-electron chi connectivity index (χ4n) is 4.18. The van der Waals surface area contributed by atoms with Gasteiger partial charge in [0.15, 0.2) is 0 Å². The number of nitrogens with one attached hydrogen (secondary N) is 1. The van der Waals surface area contributed by atoms with Gasteiger partial charge in [-0.15, -0.1) is 0 Å². The van der Waals surface area contributed by atoms with Gasteiger partial charge in [0, 0.05) is 30.5 Å². The van der Waals surface area contributed by atoms with Crippen molar-refractivity contribution in [3.63, 3.8) is 0 Å². The summed E-state index contributed by atoms with van der Waals surface area (Å²) in [7, 11) is 0. The third kappa shape index (κ3) is 2.97. The first-order valence-electron chi connectivity index (χ1n) is 8.75. The molecule has 1 aliphatic heterocycles. The Bertz CT molecular complexity index is 835. The molecule has 0 aromatic carbocycles. The van der Waals surface area contributed by atoms with Gasteiger partial charge in [-0.25, -0.2) is 4.98 Å². The Balaban J connectivity index is 1.42. The number of hydrogen-bond donors (Lipinski definition) is 2. The van der Waals surface area contributed by atoms with Crippen molar-refractivity contribution in [2.45, 2.75) is 43.9 Å². The number of nitrogen functional groups attached to an aromatic ring is 1. The zero-order valence-electron chi connectivity index (χ0n) is 14.1. The molecule has 1 amide bonds. The zero-order chi connectivity index (χ0) is 17.4. The molecule has 3 N–H and O–H groups in total. The van der Waals surface area contributed by atoms with E-state index >= 15 is 0 Å². The van der Waals surface area contributed by atoms with E-state index in [1.165, 1.54) is 5.56 Å². The fraction of sp³-hybridized carbons (Fsp3) is 0.500. The number of anilines is 1. The quantitative estimate of drug-likeness (QED) is 0.876. The summed E-state index contributed by atoms with van der Waals surface area (Å²) in [5, 5.41) is 4.14. The van der Waals surface area contributed by atoms with Crippen molar-refractivity contribution in [2.24, 2.45) is 0 Å². The van der Waals surface area contributed by atoms with E-state index in [1.54, 1.807) is 11.3 Å². The van der Waals surface area contributed by atoms with Crippen LogP contribution in [0.3, 0.4) is 0 Å². The Morgan fingerprint density at radius 3 is 2.88 bits per heavy atom. The van der Waals surface area contributed by atoms with Crippen LogP contribution in [0.25, 0.3) is 0 Å². The highest BCUT2D eigenvalue weighted by Crippen LogP contribution is 2.44. The molecule has 7 heteroatoms. The number of H-pyrrole nitrogens is 1. The number of likely N-dealkylation sites (tertiary alicyclic amines) is 1. The molecule has 2 aliphatic rings. The predicted octanol–water partition coefficient (Wildman–Crippen LogP) is 1.85. The van der Waals surface area contributed by atoms with E-state index < -0.39 is 0 Å². The predicted molar refractivity (Wildman–Crippen MR) is 97.7 cm³/mol. The van der Waals surface area contributed by atoms with Crippen molar-refractivity contribution in [2.75, 3.05) is 18.8 Å². The Kier molecular flexibility index (Phi) is 4.11. The van der Waals surface area contributed by atoms with E-state index in [9.17, 15) is 9.59 Å². The topological polar surface area (TPSA) is 92.1 Å². The van der Waals surface area contributed by atoms with E-state index in [4.69, 9.17) is 5.73 Å². The molecule has 2 aromatic heterocycles. The van der Waals surface area contributed by atoms with Crippen LogP contribution in [0.4, 0.5) is 5.95 Å². The molecule has 6 nitrogen and oxygen atoms in total.